The van der Waals surface area contributed by atoms with Crippen molar-refractivity contribution in [2.45, 2.75) is 30.7 Å². The molecule has 1 aliphatic rings. The number of aliphatic hydroxyl groups is 4. The zero-order chi connectivity index (χ0) is 19.6. The lowest BCUT2D eigenvalue weighted by Gasteiger charge is -2.34. The average Bonchev–Trinajstić information content (AvgIpc) is 2.68. The van der Waals surface area contributed by atoms with Crippen LogP contribution in [0.4, 0.5) is 5.69 Å². The number of rotatable bonds is 5. The lowest BCUT2D eigenvalue weighted by Crippen LogP contribution is -2.54. The van der Waals surface area contributed by atoms with E-state index in [1.54, 1.807) is 24.3 Å². The van der Waals surface area contributed by atoms with Crippen molar-refractivity contribution >= 4 is 5.69 Å². The Balaban J connectivity index is 1.67. The normalized spacial score (nSPS) is 26.4. The van der Waals surface area contributed by atoms with Crippen LogP contribution >= 0.6 is 0 Å². The predicted molar refractivity (Wildman–Crippen MR) is 92.0 cm³/mol. The van der Waals surface area contributed by atoms with Crippen molar-refractivity contribution in [1.82, 2.24) is 0 Å². The lowest BCUT2D eigenvalue weighted by molar-refractivity contribution is -0.384. The lowest BCUT2D eigenvalue weighted by atomic mass is 10.0. The van der Waals surface area contributed by atoms with E-state index in [1.807, 2.05) is 0 Å². The number of hydrogen-bond donors (Lipinski definition) is 4. The Kier molecular flexibility index (Phi) is 5.68. The fourth-order valence-corrected chi connectivity index (χ4v) is 2.72. The number of nitro benzene ring substituents is 1. The zero-order valence-electron chi connectivity index (χ0n) is 14.1. The molecule has 1 saturated heterocycles. The van der Waals surface area contributed by atoms with Crippen molar-refractivity contribution in [2.75, 3.05) is 6.61 Å². The van der Waals surface area contributed by atoms with Crippen LogP contribution in [0.25, 0.3) is 0 Å². The first-order valence-corrected chi connectivity index (χ1v) is 8.21. The number of nitro groups is 1. The zero-order valence-corrected chi connectivity index (χ0v) is 14.1. The summed E-state index contributed by atoms with van der Waals surface area (Å²) in [4.78, 5) is 10.2. The minimum Gasteiger partial charge on any atom is -0.462 e. The molecule has 2 aromatic rings. The first-order valence-electron chi connectivity index (χ1n) is 8.21. The maximum Gasteiger partial charge on any atom is 0.269 e. The van der Waals surface area contributed by atoms with E-state index in [0.29, 0.717) is 16.9 Å². The largest absolute Gasteiger partial charge is 0.462 e. The van der Waals surface area contributed by atoms with Crippen LogP contribution in [0, 0.1) is 10.1 Å². The van der Waals surface area contributed by atoms with Crippen molar-refractivity contribution in [3.63, 3.8) is 0 Å². The van der Waals surface area contributed by atoms with Gasteiger partial charge in [0.2, 0.25) is 6.29 Å². The fourth-order valence-electron chi connectivity index (χ4n) is 2.72. The van der Waals surface area contributed by atoms with Gasteiger partial charge in [0.15, 0.2) is 0 Å². The summed E-state index contributed by atoms with van der Waals surface area (Å²) in [6, 6.07) is 11.9. The van der Waals surface area contributed by atoms with Gasteiger partial charge < -0.3 is 29.9 Å². The second kappa shape index (κ2) is 7.99. The van der Waals surface area contributed by atoms with E-state index in [2.05, 4.69) is 0 Å². The molecule has 1 heterocycles. The van der Waals surface area contributed by atoms with Crippen LogP contribution in [0.5, 0.6) is 5.75 Å². The van der Waals surface area contributed by atoms with Gasteiger partial charge in [0.1, 0.15) is 30.2 Å². The van der Waals surface area contributed by atoms with E-state index < -0.39 is 35.6 Å². The van der Waals surface area contributed by atoms with E-state index in [9.17, 15) is 30.5 Å². The van der Waals surface area contributed by atoms with Gasteiger partial charge in [0, 0.05) is 12.1 Å². The molecule has 0 aromatic heterocycles. The second-order valence-corrected chi connectivity index (χ2v) is 6.19. The summed E-state index contributed by atoms with van der Waals surface area (Å²) in [6.45, 7) is -0.167. The Morgan fingerprint density at radius 2 is 1.56 bits per heavy atom. The Bertz CT molecular complexity index is 779. The predicted octanol–water partition coefficient (Wildman–Crippen LogP) is 0.494. The molecule has 0 saturated carbocycles. The van der Waals surface area contributed by atoms with E-state index in [1.165, 1.54) is 24.3 Å². The molecule has 0 spiro atoms. The molecule has 4 N–H and O–H groups in total. The highest BCUT2D eigenvalue weighted by Crippen LogP contribution is 2.27. The number of non-ortho nitro benzene ring substituents is 1. The summed E-state index contributed by atoms with van der Waals surface area (Å²) in [5.74, 6) is 0.335. The molecule has 5 atom stereocenters. The fraction of sp³-hybridized carbons (Fsp3) is 0.333. The van der Waals surface area contributed by atoms with Crippen LogP contribution in [0.15, 0.2) is 48.5 Å². The highest BCUT2D eigenvalue weighted by molar-refractivity contribution is 5.38. The van der Waals surface area contributed by atoms with Gasteiger partial charge in [0.05, 0.1) is 11.5 Å². The Morgan fingerprint density at radius 1 is 1.00 bits per heavy atom. The maximum atomic E-state index is 10.7. The number of ether oxygens (including phenoxy) is 2. The molecule has 9 heteroatoms. The molecule has 3 rings (SSSR count). The van der Waals surface area contributed by atoms with Gasteiger partial charge in [0.25, 0.3) is 5.69 Å². The van der Waals surface area contributed by atoms with Crippen LogP contribution < -0.4 is 4.74 Å². The Labute approximate surface area is 154 Å². The van der Waals surface area contributed by atoms with Gasteiger partial charge in [-0.3, -0.25) is 10.1 Å². The standard InChI is InChI=1S/C18H19NO8/c20-14-9-26-18(17(23)16(14)22)27-13-7-3-11(4-8-13)15(21)10-1-5-12(6-2-10)19(24)25/h1-8,14-18,20-23H,9H2/t14-,15?,16+,17-,18+/m1/s1. The highest BCUT2D eigenvalue weighted by atomic mass is 16.7. The minimum atomic E-state index is -1.40. The van der Waals surface area contributed by atoms with E-state index in [4.69, 9.17) is 9.47 Å². The molecule has 0 radical (unpaired) electrons. The third-order valence-corrected chi connectivity index (χ3v) is 4.32. The number of nitrogens with zero attached hydrogens (tertiary/aromatic N) is 1. The molecule has 0 bridgehead atoms. The smallest absolute Gasteiger partial charge is 0.269 e. The molecule has 27 heavy (non-hydrogen) atoms. The highest BCUT2D eigenvalue weighted by Gasteiger charge is 2.38. The summed E-state index contributed by atoms with van der Waals surface area (Å²) in [5.41, 5.74) is 0.974. The first kappa shape index (κ1) is 19.2. The SMILES string of the molecule is O=[N+]([O-])c1ccc(C(O)c2ccc(O[C@@H]3OC[C@@H](O)[C@H](O)[C@H]3O)cc2)cc1. The van der Waals surface area contributed by atoms with Crippen molar-refractivity contribution in [2.24, 2.45) is 0 Å². The molecule has 1 fully saturated rings. The first-order chi connectivity index (χ1) is 12.9. The van der Waals surface area contributed by atoms with E-state index >= 15 is 0 Å². The quantitative estimate of drug-likeness (QED) is 0.436. The average molecular weight is 377 g/mol. The van der Waals surface area contributed by atoms with Crippen molar-refractivity contribution < 1.29 is 34.8 Å². The van der Waals surface area contributed by atoms with E-state index in [0.717, 1.165) is 0 Å². The van der Waals surface area contributed by atoms with Gasteiger partial charge in [-0.2, -0.15) is 0 Å². The van der Waals surface area contributed by atoms with Crippen molar-refractivity contribution in [3.8, 4) is 5.75 Å². The number of benzene rings is 2. The van der Waals surface area contributed by atoms with E-state index in [-0.39, 0.29) is 12.3 Å². The minimum absolute atomic E-state index is 0.0620. The van der Waals surface area contributed by atoms with Gasteiger partial charge in [-0.1, -0.05) is 12.1 Å². The molecule has 1 aliphatic heterocycles. The monoisotopic (exact) mass is 377 g/mol. The summed E-state index contributed by atoms with van der Waals surface area (Å²) in [5, 5.41) is 50.0. The van der Waals surface area contributed by atoms with Crippen molar-refractivity contribution in [1.29, 1.82) is 0 Å². The van der Waals surface area contributed by atoms with Crippen LogP contribution in [0.1, 0.15) is 17.2 Å². The van der Waals surface area contributed by atoms with Gasteiger partial charge in [-0.25, -0.2) is 0 Å². The molecule has 144 valence electrons. The maximum absolute atomic E-state index is 10.7. The van der Waals surface area contributed by atoms with Crippen LogP contribution in [0.3, 0.4) is 0 Å². The van der Waals surface area contributed by atoms with Crippen molar-refractivity contribution in [3.05, 3.63) is 69.8 Å². The van der Waals surface area contributed by atoms with Crippen LogP contribution in [0.2, 0.25) is 0 Å². The van der Waals surface area contributed by atoms with Gasteiger partial charge >= 0.3 is 0 Å². The number of hydrogen-bond acceptors (Lipinski definition) is 8. The van der Waals surface area contributed by atoms with Gasteiger partial charge in [-0.05, 0) is 35.4 Å². The van der Waals surface area contributed by atoms with Crippen LogP contribution in [-0.4, -0.2) is 56.6 Å². The third kappa shape index (κ3) is 4.24. The Hall–Kier alpha value is -2.56. The number of aliphatic hydroxyl groups excluding tert-OH is 4. The molecule has 1 unspecified atom stereocenters. The third-order valence-electron chi connectivity index (χ3n) is 4.32. The molecular formula is C18H19NO8. The molecular weight excluding hydrogens is 358 g/mol. The summed E-state index contributed by atoms with van der Waals surface area (Å²) < 4.78 is 10.6. The van der Waals surface area contributed by atoms with Crippen LogP contribution in [-0.2, 0) is 4.74 Å². The summed E-state index contributed by atoms with van der Waals surface area (Å²) in [7, 11) is 0. The Morgan fingerprint density at radius 3 is 2.11 bits per heavy atom. The second-order valence-electron chi connectivity index (χ2n) is 6.19. The summed E-state index contributed by atoms with van der Waals surface area (Å²) in [6.07, 6.45) is -6.06. The van der Waals surface area contributed by atoms with Gasteiger partial charge in [-0.15, -0.1) is 0 Å². The molecule has 0 amide bonds. The molecule has 2 aromatic carbocycles. The topological polar surface area (TPSA) is 143 Å². The summed E-state index contributed by atoms with van der Waals surface area (Å²) >= 11 is 0. The molecule has 9 nitrogen and oxygen atoms in total. The molecule has 0 aliphatic carbocycles.